The van der Waals surface area contributed by atoms with Crippen molar-refractivity contribution in [1.82, 2.24) is 29.3 Å². The third kappa shape index (κ3) is 3.39. The SMILES string of the molecule is COc1cc(C=Cc2nc3n(n2)CC[C@H]3c2ccccc2)cnc1-n1cnc(C)c1. The molecule has 0 amide bonds. The Morgan fingerprint density at radius 1 is 1.13 bits per heavy atom. The molecule has 0 aliphatic carbocycles. The van der Waals surface area contributed by atoms with E-state index in [0.717, 1.165) is 30.0 Å². The summed E-state index contributed by atoms with van der Waals surface area (Å²) >= 11 is 0. The zero-order chi connectivity index (χ0) is 20.5. The fraction of sp³-hybridized carbons (Fsp3) is 0.217. The van der Waals surface area contributed by atoms with Crippen molar-refractivity contribution in [3.63, 3.8) is 0 Å². The Morgan fingerprint density at radius 2 is 2.00 bits per heavy atom. The van der Waals surface area contributed by atoms with E-state index in [1.807, 2.05) is 46.7 Å². The molecule has 1 aromatic carbocycles. The Balaban J connectivity index is 1.39. The number of benzene rings is 1. The number of imidazole rings is 1. The van der Waals surface area contributed by atoms with E-state index in [-0.39, 0.29) is 0 Å². The van der Waals surface area contributed by atoms with Gasteiger partial charge in [0.2, 0.25) is 0 Å². The van der Waals surface area contributed by atoms with Gasteiger partial charge in [0.05, 0.1) is 12.8 Å². The Labute approximate surface area is 174 Å². The van der Waals surface area contributed by atoms with Crippen LogP contribution in [-0.2, 0) is 6.54 Å². The standard InChI is InChI=1S/C23H22N6O/c1-16-14-28(15-25-16)23-20(30-2)12-17(13-24-23)8-9-21-26-22-19(10-11-29(22)27-21)18-6-4-3-5-7-18/h3-9,12-15,19H,10-11H2,1-2H3/t19-/m0/s1. The number of hydrogen-bond acceptors (Lipinski definition) is 5. The maximum atomic E-state index is 5.53. The number of aromatic nitrogens is 6. The second-order valence-corrected chi connectivity index (χ2v) is 7.35. The molecule has 30 heavy (non-hydrogen) atoms. The summed E-state index contributed by atoms with van der Waals surface area (Å²) in [5.74, 6) is 3.43. The van der Waals surface area contributed by atoms with E-state index in [1.165, 1.54) is 5.56 Å². The predicted molar refractivity (Wildman–Crippen MR) is 115 cm³/mol. The second-order valence-electron chi connectivity index (χ2n) is 7.35. The molecule has 0 N–H and O–H groups in total. The number of pyridine rings is 1. The van der Waals surface area contributed by atoms with Crippen molar-refractivity contribution >= 4 is 12.2 Å². The number of ether oxygens (including phenoxy) is 1. The van der Waals surface area contributed by atoms with Gasteiger partial charge < -0.3 is 4.74 Å². The summed E-state index contributed by atoms with van der Waals surface area (Å²) < 4.78 is 9.40. The monoisotopic (exact) mass is 398 g/mol. The summed E-state index contributed by atoms with van der Waals surface area (Å²) in [5, 5.41) is 4.65. The Hall–Kier alpha value is -3.74. The molecule has 7 nitrogen and oxygen atoms in total. The molecule has 0 spiro atoms. The Bertz CT molecular complexity index is 1210. The molecular formula is C23H22N6O. The number of fused-ring (bicyclic) bond motifs is 1. The van der Waals surface area contributed by atoms with Crippen LogP contribution in [0.2, 0.25) is 0 Å². The van der Waals surface area contributed by atoms with Crippen LogP contribution in [0.3, 0.4) is 0 Å². The first kappa shape index (κ1) is 18.3. The molecule has 3 aromatic heterocycles. The lowest BCUT2D eigenvalue weighted by molar-refractivity contribution is 0.410. The molecule has 150 valence electrons. The molecule has 4 aromatic rings. The van der Waals surface area contributed by atoms with Gasteiger partial charge in [-0.1, -0.05) is 30.3 Å². The number of aryl methyl sites for hydroxylation is 2. The molecule has 1 aliphatic rings. The van der Waals surface area contributed by atoms with Gasteiger partial charge >= 0.3 is 0 Å². The molecule has 0 radical (unpaired) electrons. The van der Waals surface area contributed by atoms with Crippen molar-refractivity contribution in [2.75, 3.05) is 7.11 Å². The van der Waals surface area contributed by atoms with E-state index in [1.54, 1.807) is 19.6 Å². The molecule has 1 atom stereocenters. The highest BCUT2D eigenvalue weighted by Gasteiger charge is 2.27. The van der Waals surface area contributed by atoms with E-state index in [0.29, 0.717) is 23.3 Å². The molecule has 0 saturated heterocycles. The van der Waals surface area contributed by atoms with Gasteiger partial charge in [0.15, 0.2) is 17.4 Å². The highest BCUT2D eigenvalue weighted by molar-refractivity contribution is 5.67. The summed E-state index contributed by atoms with van der Waals surface area (Å²) in [6, 6.07) is 12.5. The van der Waals surface area contributed by atoms with Crippen molar-refractivity contribution in [1.29, 1.82) is 0 Å². The first-order valence-electron chi connectivity index (χ1n) is 9.94. The average Bonchev–Trinajstić information content (AvgIpc) is 3.48. The predicted octanol–water partition coefficient (Wildman–Crippen LogP) is 3.88. The highest BCUT2D eigenvalue weighted by Crippen LogP contribution is 2.32. The van der Waals surface area contributed by atoms with Crippen LogP contribution < -0.4 is 4.74 Å². The molecule has 0 unspecified atom stereocenters. The third-order valence-electron chi connectivity index (χ3n) is 5.31. The number of rotatable bonds is 5. The molecular weight excluding hydrogens is 376 g/mol. The lowest BCUT2D eigenvalue weighted by atomic mass is 9.97. The Morgan fingerprint density at radius 3 is 2.77 bits per heavy atom. The molecule has 5 rings (SSSR count). The fourth-order valence-electron chi connectivity index (χ4n) is 3.84. The van der Waals surface area contributed by atoms with E-state index >= 15 is 0 Å². The van der Waals surface area contributed by atoms with Crippen LogP contribution in [0.15, 0.2) is 55.1 Å². The van der Waals surface area contributed by atoms with Gasteiger partial charge in [-0.05, 0) is 42.7 Å². The quantitative estimate of drug-likeness (QED) is 0.510. The maximum Gasteiger partial charge on any atom is 0.180 e. The van der Waals surface area contributed by atoms with Crippen LogP contribution in [0.4, 0.5) is 0 Å². The van der Waals surface area contributed by atoms with Crippen molar-refractivity contribution in [2.45, 2.75) is 25.8 Å². The maximum absolute atomic E-state index is 5.53. The van der Waals surface area contributed by atoms with E-state index in [9.17, 15) is 0 Å². The smallest absolute Gasteiger partial charge is 0.180 e. The minimum atomic E-state index is 0.306. The van der Waals surface area contributed by atoms with E-state index in [4.69, 9.17) is 9.72 Å². The van der Waals surface area contributed by atoms with Gasteiger partial charge in [-0.3, -0.25) is 4.57 Å². The molecule has 0 saturated carbocycles. The summed E-state index contributed by atoms with van der Waals surface area (Å²) in [6.45, 7) is 2.84. The van der Waals surface area contributed by atoms with E-state index < -0.39 is 0 Å². The lowest BCUT2D eigenvalue weighted by Crippen LogP contribution is -1.99. The van der Waals surface area contributed by atoms with Gasteiger partial charge in [0, 0.05) is 24.9 Å². The minimum absolute atomic E-state index is 0.306. The number of hydrogen-bond donors (Lipinski definition) is 0. The van der Waals surface area contributed by atoms with Crippen LogP contribution in [0.5, 0.6) is 5.75 Å². The van der Waals surface area contributed by atoms with Crippen molar-refractivity contribution in [2.24, 2.45) is 0 Å². The summed E-state index contributed by atoms with van der Waals surface area (Å²) in [4.78, 5) is 13.6. The third-order valence-corrected chi connectivity index (χ3v) is 5.31. The Kier molecular flexibility index (Phi) is 4.63. The number of nitrogens with zero attached hydrogens (tertiary/aromatic N) is 6. The van der Waals surface area contributed by atoms with Crippen LogP contribution in [0.1, 0.15) is 40.8 Å². The second kappa shape index (κ2) is 7.59. The van der Waals surface area contributed by atoms with Gasteiger partial charge in [0.1, 0.15) is 12.2 Å². The van der Waals surface area contributed by atoms with Crippen LogP contribution in [-0.4, -0.2) is 36.4 Å². The van der Waals surface area contributed by atoms with Crippen LogP contribution in [0.25, 0.3) is 18.0 Å². The molecule has 4 heterocycles. The molecule has 7 heteroatoms. The van der Waals surface area contributed by atoms with E-state index in [2.05, 4.69) is 39.3 Å². The van der Waals surface area contributed by atoms with Crippen molar-refractivity contribution in [3.8, 4) is 11.6 Å². The zero-order valence-electron chi connectivity index (χ0n) is 16.9. The minimum Gasteiger partial charge on any atom is -0.493 e. The van der Waals surface area contributed by atoms with Crippen molar-refractivity contribution < 1.29 is 4.74 Å². The van der Waals surface area contributed by atoms with Gasteiger partial charge in [-0.2, -0.15) is 5.10 Å². The molecule has 1 aliphatic heterocycles. The lowest BCUT2D eigenvalue weighted by Gasteiger charge is -2.08. The van der Waals surface area contributed by atoms with Gasteiger partial charge in [0.25, 0.3) is 0 Å². The van der Waals surface area contributed by atoms with Crippen LogP contribution in [0, 0.1) is 6.92 Å². The molecule has 0 bridgehead atoms. The first-order valence-corrected chi connectivity index (χ1v) is 9.94. The van der Waals surface area contributed by atoms with Gasteiger partial charge in [-0.15, -0.1) is 0 Å². The van der Waals surface area contributed by atoms with Crippen LogP contribution >= 0.6 is 0 Å². The van der Waals surface area contributed by atoms with Crippen molar-refractivity contribution in [3.05, 3.63) is 83.6 Å². The summed E-state index contributed by atoms with van der Waals surface area (Å²) in [5.41, 5.74) is 3.14. The van der Waals surface area contributed by atoms with Gasteiger partial charge in [-0.25, -0.2) is 19.6 Å². The zero-order valence-corrected chi connectivity index (χ0v) is 16.9. The topological polar surface area (TPSA) is 70.7 Å². The summed E-state index contributed by atoms with van der Waals surface area (Å²) in [6.07, 6.45) is 10.4. The molecule has 0 fully saturated rings. The first-order chi connectivity index (χ1) is 14.7. The fourth-order valence-corrected chi connectivity index (χ4v) is 3.84. The normalized spacial score (nSPS) is 15.6. The average molecular weight is 398 g/mol. The number of methoxy groups -OCH3 is 1. The highest BCUT2D eigenvalue weighted by atomic mass is 16.5. The summed E-state index contributed by atoms with van der Waals surface area (Å²) in [7, 11) is 1.64. The largest absolute Gasteiger partial charge is 0.493 e.